The van der Waals surface area contributed by atoms with E-state index in [9.17, 15) is 24.9 Å². The second-order valence-corrected chi connectivity index (χ2v) is 17.8. The predicted molar refractivity (Wildman–Crippen MR) is 234 cm³/mol. The number of carbonyl (C=O) groups excluding carboxylic acids is 2. The molecule has 326 valence electrons. The molecule has 8 rings (SSSR count). The summed E-state index contributed by atoms with van der Waals surface area (Å²) in [6.45, 7) is 10.2. The average Bonchev–Trinajstić information content (AvgIpc) is 4.00. The molecule has 4 N–H and O–H groups in total. The summed E-state index contributed by atoms with van der Waals surface area (Å²) in [6.07, 6.45) is 0.814. The molecule has 0 unspecified atom stereocenters. The van der Waals surface area contributed by atoms with E-state index in [1.807, 2.05) is 87.3 Å². The first-order chi connectivity index (χ1) is 29.8. The van der Waals surface area contributed by atoms with E-state index >= 15 is 0 Å². The number of aliphatic hydroxyl groups excluding tert-OH is 1. The zero-order chi connectivity index (χ0) is 43.7. The Bertz CT molecular complexity index is 2530. The summed E-state index contributed by atoms with van der Waals surface area (Å²) >= 11 is 1.59. The van der Waals surface area contributed by atoms with Gasteiger partial charge in [-0.15, -0.1) is 21.5 Å². The summed E-state index contributed by atoms with van der Waals surface area (Å²) in [6, 6.07) is 19.3. The molecule has 15 nitrogen and oxygen atoms in total. The van der Waals surface area contributed by atoms with Crippen molar-refractivity contribution >= 4 is 34.2 Å². The lowest BCUT2D eigenvalue weighted by Crippen LogP contribution is -2.56. The van der Waals surface area contributed by atoms with Gasteiger partial charge in [0.05, 0.1) is 45.1 Å². The van der Waals surface area contributed by atoms with Crippen molar-refractivity contribution in [2.24, 2.45) is 13.0 Å². The standard InChI is InChI=1S/C46H54N8O7S/c1-27(2)42(45(58)54-17-14-32(55)22-37(54)44(57)48-28(3)30-10-12-31(13-11-30)43-29(4)47-26-62-43)39-25-41(51-61-39)60-21-20-53-18-15-46(59,16-19-53)40-24-35-36(52(40)5)23-34(49-50-35)33-8-6-7-9-38(33)56/h6-13,23-28,32,37,42,55-56,59H,14-22H2,1-5H3,(H,48,57)/t28-,32-,37-,42+/m0/s1. The van der Waals surface area contributed by atoms with Gasteiger partial charge in [-0.2, -0.15) is 0 Å². The molecule has 0 bridgehead atoms. The summed E-state index contributed by atoms with van der Waals surface area (Å²) in [5.41, 5.74) is 7.13. The summed E-state index contributed by atoms with van der Waals surface area (Å²) < 4.78 is 13.7. The molecule has 6 heterocycles. The Kier molecular flexibility index (Phi) is 12.5. The van der Waals surface area contributed by atoms with E-state index in [0.29, 0.717) is 68.0 Å². The number of nitrogens with zero attached hydrogens (tertiary/aromatic N) is 7. The number of hydrogen-bond acceptors (Lipinski definition) is 13. The van der Waals surface area contributed by atoms with Crippen molar-refractivity contribution < 1.29 is 34.2 Å². The summed E-state index contributed by atoms with van der Waals surface area (Å²) in [5.74, 6) is -0.741. The van der Waals surface area contributed by atoms with Crippen molar-refractivity contribution in [2.75, 3.05) is 32.8 Å². The van der Waals surface area contributed by atoms with Crippen LogP contribution >= 0.6 is 11.3 Å². The number of aromatic hydroxyl groups is 1. The van der Waals surface area contributed by atoms with Crippen LogP contribution in [0.3, 0.4) is 0 Å². The van der Waals surface area contributed by atoms with Crippen LogP contribution in [0.1, 0.15) is 81.1 Å². The van der Waals surface area contributed by atoms with Crippen molar-refractivity contribution in [1.29, 1.82) is 0 Å². The molecule has 2 aromatic carbocycles. The zero-order valence-electron chi connectivity index (χ0n) is 35.7. The number of fused-ring (bicyclic) bond motifs is 1. The molecule has 4 atom stereocenters. The summed E-state index contributed by atoms with van der Waals surface area (Å²) in [5, 5.41) is 48.8. The average molecular weight is 863 g/mol. The molecule has 0 radical (unpaired) electrons. The van der Waals surface area contributed by atoms with Gasteiger partial charge in [0.25, 0.3) is 5.88 Å². The smallest absolute Gasteiger partial charge is 0.254 e. The Labute approximate surface area is 364 Å². The van der Waals surface area contributed by atoms with Gasteiger partial charge in [-0.25, -0.2) is 4.98 Å². The summed E-state index contributed by atoms with van der Waals surface area (Å²) in [7, 11) is 1.91. The zero-order valence-corrected chi connectivity index (χ0v) is 36.5. The number of piperidine rings is 2. The van der Waals surface area contributed by atoms with E-state index < -0.39 is 23.7 Å². The fraction of sp³-hybridized carbons (Fsp3) is 0.435. The number of ether oxygens (including phenoxy) is 1. The number of aliphatic hydroxyl groups is 2. The third-order valence-corrected chi connectivity index (χ3v) is 13.5. The van der Waals surface area contributed by atoms with Gasteiger partial charge in [0.15, 0.2) is 5.76 Å². The van der Waals surface area contributed by atoms with E-state index in [1.165, 1.54) is 0 Å². The van der Waals surface area contributed by atoms with Gasteiger partial charge < -0.3 is 39.4 Å². The maximum absolute atomic E-state index is 14.3. The molecule has 62 heavy (non-hydrogen) atoms. The van der Waals surface area contributed by atoms with Gasteiger partial charge in [0.2, 0.25) is 11.8 Å². The lowest BCUT2D eigenvalue weighted by molar-refractivity contribution is -0.147. The second-order valence-electron chi connectivity index (χ2n) is 17.0. The topological polar surface area (TPSA) is 192 Å². The van der Waals surface area contributed by atoms with Crippen molar-refractivity contribution in [3.8, 4) is 33.3 Å². The molecule has 2 fully saturated rings. The van der Waals surface area contributed by atoms with Crippen LogP contribution in [0.5, 0.6) is 11.6 Å². The number of amides is 2. The Morgan fingerprint density at radius 2 is 1.79 bits per heavy atom. The van der Waals surface area contributed by atoms with Crippen LogP contribution in [0.4, 0.5) is 0 Å². The van der Waals surface area contributed by atoms with Gasteiger partial charge in [-0.1, -0.05) is 50.2 Å². The van der Waals surface area contributed by atoms with Crippen molar-refractivity contribution in [1.82, 2.24) is 40.0 Å². The number of aromatic nitrogens is 5. The molecular formula is C46H54N8O7S. The number of thiazole rings is 1. The minimum Gasteiger partial charge on any atom is -0.507 e. The number of nitrogens with one attached hydrogen (secondary N) is 1. The number of likely N-dealkylation sites (tertiary alicyclic amines) is 2. The molecule has 2 aliphatic rings. The number of carbonyl (C=O) groups is 2. The minimum atomic E-state index is -1.06. The van der Waals surface area contributed by atoms with E-state index in [4.69, 9.17) is 9.26 Å². The van der Waals surface area contributed by atoms with Crippen LogP contribution in [0.15, 0.2) is 76.8 Å². The highest BCUT2D eigenvalue weighted by atomic mass is 32.1. The van der Waals surface area contributed by atoms with Gasteiger partial charge >= 0.3 is 0 Å². The number of phenols is 1. The highest BCUT2D eigenvalue weighted by Crippen LogP contribution is 2.37. The Morgan fingerprint density at radius 3 is 2.50 bits per heavy atom. The van der Waals surface area contributed by atoms with Crippen LogP contribution in [0.2, 0.25) is 0 Å². The SMILES string of the molecule is Cc1ncsc1-c1ccc([C@H](C)NC(=O)[C@@H]2C[C@@H](O)CCN2C(=O)[C@@H](c2cc(OCCN3CCC(O)(c4cc5nnc(-c6ccccc6O)cc5n4C)CC3)no2)C(C)C)cc1. The highest BCUT2D eigenvalue weighted by Gasteiger charge is 2.42. The number of para-hydroxylation sites is 1. The third-order valence-electron chi connectivity index (χ3n) is 12.5. The number of phenolic OH excluding ortho intramolecular Hbond substituents is 1. The van der Waals surface area contributed by atoms with E-state index in [1.54, 1.807) is 40.5 Å². The van der Waals surface area contributed by atoms with E-state index in [2.05, 4.69) is 30.6 Å². The Hall–Kier alpha value is -5.68. The fourth-order valence-corrected chi connectivity index (χ4v) is 9.64. The number of aryl methyl sites for hydroxylation is 2. The first kappa shape index (κ1) is 43.0. The molecule has 4 aromatic heterocycles. The molecule has 2 saturated heterocycles. The fourth-order valence-electron chi connectivity index (χ4n) is 8.82. The monoisotopic (exact) mass is 862 g/mol. The maximum Gasteiger partial charge on any atom is 0.254 e. The van der Waals surface area contributed by atoms with Crippen LogP contribution in [-0.4, -0.2) is 107 Å². The molecule has 2 aliphatic heterocycles. The Balaban J connectivity index is 0.859. The number of rotatable bonds is 13. The van der Waals surface area contributed by atoms with E-state index in [-0.39, 0.29) is 48.4 Å². The first-order valence-corrected chi connectivity index (χ1v) is 22.1. The van der Waals surface area contributed by atoms with Gasteiger partial charge in [-0.3, -0.25) is 14.5 Å². The minimum absolute atomic E-state index is 0.128. The maximum atomic E-state index is 14.3. The normalized spacial score (nSPS) is 19.1. The van der Waals surface area contributed by atoms with Gasteiger partial charge in [0, 0.05) is 51.3 Å². The van der Waals surface area contributed by atoms with Crippen LogP contribution in [-0.2, 0) is 22.2 Å². The van der Waals surface area contributed by atoms with Crippen molar-refractivity contribution in [3.63, 3.8) is 0 Å². The molecule has 16 heteroatoms. The van der Waals surface area contributed by atoms with Crippen molar-refractivity contribution in [2.45, 2.75) is 83.1 Å². The van der Waals surface area contributed by atoms with Gasteiger partial charge in [-0.05, 0) is 79.6 Å². The summed E-state index contributed by atoms with van der Waals surface area (Å²) in [4.78, 5) is 37.4. The predicted octanol–water partition coefficient (Wildman–Crippen LogP) is 6.09. The lowest BCUT2D eigenvalue weighted by atomic mass is 9.88. The van der Waals surface area contributed by atoms with E-state index in [0.717, 1.165) is 32.9 Å². The molecule has 0 saturated carbocycles. The molecule has 6 aromatic rings. The van der Waals surface area contributed by atoms with Gasteiger partial charge in [0.1, 0.15) is 35.4 Å². The molecule has 2 amide bonds. The van der Waals surface area contributed by atoms with Crippen LogP contribution < -0.4 is 10.1 Å². The Morgan fingerprint density at radius 1 is 1.03 bits per heavy atom. The number of hydrogen-bond donors (Lipinski definition) is 4. The number of benzene rings is 2. The molecule has 0 aliphatic carbocycles. The molecular weight excluding hydrogens is 809 g/mol. The largest absolute Gasteiger partial charge is 0.507 e. The van der Waals surface area contributed by atoms with Crippen LogP contribution in [0.25, 0.3) is 32.7 Å². The second kappa shape index (κ2) is 18.0. The lowest BCUT2D eigenvalue weighted by Gasteiger charge is -2.39. The highest BCUT2D eigenvalue weighted by molar-refractivity contribution is 7.13. The van der Waals surface area contributed by atoms with Crippen molar-refractivity contribution in [3.05, 3.63) is 95.0 Å². The molecule has 0 spiro atoms. The first-order valence-electron chi connectivity index (χ1n) is 21.2. The van der Waals surface area contributed by atoms with Crippen LogP contribution in [0, 0.1) is 12.8 Å². The quantitative estimate of drug-likeness (QED) is 0.105. The third kappa shape index (κ3) is 8.82.